The molecule has 7 nitrogen and oxygen atoms in total. The van der Waals surface area contributed by atoms with Crippen molar-refractivity contribution in [3.63, 3.8) is 0 Å². The summed E-state index contributed by atoms with van der Waals surface area (Å²) in [6, 6.07) is 6.85. The van der Waals surface area contributed by atoms with Crippen molar-refractivity contribution in [1.29, 1.82) is 0 Å². The quantitative estimate of drug-likeness (QED) is 0.625. The van der Waals surface area contributed by atoms with Gasteiger partial charge in [-0.1, -0.05) is 11.6 Å². The van der Waals surface area contributed by atoms with Gasteiger partial charge in [0.1, 0.15) is 0 Å². The van der Waals surface area contributed by atoms with Crippen LogP contribution in [0.4, 0.5) is 5.69 Å². The van der Waals surface area contributed by atoms with Gasteiger partial charge in [-0.25, -0.2) is 4.98 Å². The zero-order chi connectivity index (χ0) is 20.4. The molecule has 150 valence electrons. The van der Waals surface area contributed by atoms with Gasteiger partial charge in [0.15, 0.2) is 5.01 Å². The molecule has 4 heterocycles. The number of nitrogens with zero attached hydrogens (tertiary/aromatic N) is 3. The number of halogens is 1. The molecule has 29 heavy (non-hydrogen) atoms. The SMILES string of the molecule is CN1CCc2nc(C(=O)Nc3cccnc3CNC(=O)c3ccc(Cl)s3)sc2C1. The normalized spacial score (nSPS) is 13.7. The highest BCUT2D eigenvalue weighted by molar-refractivity contribution is 7.18. The first kappa shape index (κ1) is 20.0. The molecule has 0 aromatic carbocycles. The van der Waals surface area contributed by atoms with Crippen molar-refractivity contribution in [1.82, 2.24) is 20.2 Å². The summed E-state index contributed by atoms with van der Waals surface area (Å²) >= 11 is 8.51. The Hall–Kier alpha value is -2.33. The molecule has 2 N–H and O–H groups in total. The minimum atomic E-state index is -0.266. The lowest BCUT2D eigenvalue weighted by atomic mass is 10.2. The topological polar surface area (TPSA) is 87.2 Å². The van der Waals surface area contributed by atoms with Crippen LogP contribution in [-0.2, 0) is 19.5 Å². The van der Waals surface area contributed by atoms with E-state index >= 15 is 0 Å². The number of rotatable bonds is 5. The fraction of sp³-hybridized carbons (Fsp3) is 0.263. The maximum atomic E-state index is 12.7. The number of carbonyl (C=O) groups excluding carboxylic acids is 2. The molecule has 3 aromatic rings. The summed E-state index contributed by atoms with van der Waals surface area (Å²) in [4.78, 5) is 37.6. The van der Waals surface area contributed by atoms with Gasteiger partial charge in [0.25, 0.3) is 11.8 Å². The molecule has 2 amide bonds. The molecule has 0 saturated heterocycles. The minimum Gasteiger partial charge on any atom is -0.346 e. The van der Waals surface area contributed by atoms with Crippen LogP contribution in [0.1, 0.15) is 35.7 Å². The molecule has 3 aromatic heterocycles. The number of carbonyl (C=O) groups is 2. The van der Waals surface area contributed by atoms with Gasteiger partial charge in [0.05, 0.1) is 32.8 Å². The third kappa shape index (κ3) is 4.64. The highest BCUT2D eigenvalue weighted by Crippen LogP contribution is 2.25. The standard InChI is InChI=1S/C19H18ClN5O2S2/c1-25-8-6-12-15(10-25)29-19(24-12)18(27)23-11-3-2-7-21-13(11)9-22-17(26)14-4-5-16(20)28-14/h2-5,7H,6,8-10H2,1H3,(H,22,26)(H,23,27). The Morgan fingerprint density at radius 3 is 2.90 bits per heavy atom. The number of amides is 2. The Bertz CT molecular complexity index is 1060. The lowest BCUT2D eigenvalue weighted by molar-refractivity contribution is 0.0954. The van der Waals surface area contributed by atoms with E-state index in [-0.39, 0.29) is 18.4 Å². The van der Waals surface area contributed by atoms with Gasteiger partial charge < -0.3 is 15.5 Å². The molecule has 0 unspecified atom stereocenters. The minimum absolute atomic E-state index is 0.184. The first-order valence-corrected chi connectivity index (χ1v) is 11.0. The average Bonchev–Trinajstić information content (AvgIpc) is 3.33. The summed E-state index contributed by atoms with van der Waals surface area (Å²) in [6.07, 6.45) is 2.48. The summed E-state index contributed by atoms with van der Waals surface area (Å²) in [6.45, 7) is 1.95. The first-order chi connectivity index (χ1) is 14.0. The molecule has 1 aliphatic rings. The summed E-state index contributed by atoms with van der Waals surface area (Å²) in [5.41, 5.74) is 2.12. The number of anilines is 1. The van der Waals surface area contributed by atoms with Gasteiger partial charge in [-0.3, -0.25) is 14.6 Å². The Labute approximate surface area is 180 Å². The number of hydrogen-bond acceptors (Lipinski definition) is 7. The van der Waals surface area contributed by atoms with Crippen LogP contribution in [0.5, 0.6) is 0 Å². The maximum absolute atomic E-state index is 12.7. The van der Waals surface area contributed by atoms with Crippen LogP contribution in [0.3, 0.4) is 0 Å². The largest absolute Gasteiger partial charge is 0.346 e. The fourth-order valence-electron chi connectivity index (χ4n) is 2.98. The van der Waals surface area contributed by atoms with Crippen LogP contribution >= 0.6 is 34.3 Å². The van der Waals surface area contributed by atoms with Gasteiger partial charge in [0, 0.05) is 30.6 Å². The second-order valence-corrected chi connectivity index (χ2v) is 9.41. The molecule has 0 bridgehead atoms. The number of nitrogens with one attached hydrogen (secondary N) is 2. The molecule has 0 fully saturated rings. The van der Waals surface area contributed by atoms with Crippen LogP contribution in [0.15, 0.2) is 30.5 Å². The molecular formula is C19H18ClN5O2S2. The van der Waals surface area contributed by atoms with E-state index in [0.717, 1.165) is 30.1 Å². The highest BCUT2D eigenvalue weighted by Gasteiger charge is 2.22. The second-order valence-electron chi connectivity index (χ2n) is 6.61. The molecular weight excluding hydrogens is 430 g/mol. The van der Waals surface area contributed by atoms with Gasteiger partial charge >= 0.3 is 0 Å². The van der Waals surface area contributed by atoms with Crippen LogP contribution in [-0.4, -0.2) is 40.3 Å². The Morgan fingerprint density at radius 1 is 1.24 bits per heavy atom. The van der Waals surface area contributed by atoms with Crippen molar-refractivity contribution in [3.8, 4) is 0 Å². The van der Waals surface area contributed by atoms with Gasteiger partial charge in [-0.15, -0.1) is 22.7 Å². The maximum Gasteiger partial charge on any atom is 0.284 e. The highest BCUT2D eigenvalue weighted by atomic mass is 35.5. The fourth-order valence-corrected chi connectivity index (χ4v) is 5.02. The first-order valence-electron chi connectivity index (χ1n) is 8.95. The second kappa shape index (κ2) is 8.58. The summed E-state index contributed by atoms with van der Waals surface area (Å²) < 4.78 is 0.554. The summed E-state index contributed by atoms with van der Waals surface area (Å²) in [7, 11) is 2.06. The number of thiazole rings is 1. The Morgan fingerprint density at radius 2 is 2.10 bits per heavy atom. The van der Waals surface area contributed by atoms with E-state index in [1.807, 2.05) is 0 Å². The predicted octanol–water partition coefficient (Wildman–Crippen LogP) is 3.42. The molecule has 10 heteroatoms. The molecule has 4 rings (SSSR count). The van der Waals surface area contributed by atoms with E-state index in [0.29, 0.717) is 25.6 Å². The number of thiophene rings is 1. The van der Waals surface area contributed by atoms with Crippen LogP contribution in [0, 0.1) is 0 Å². The van der Waals surface area contributed by atoms with E-state index in [1.165, 1.54) is 22.7 Å². The smallest absolute Gasteiger partial charge is 0.284 e. The van der Waals surface area contributed by atoms with Crippen LogP contribution < -0.4 is 10.6 Å². The molecule has 1 aliphatic heterocycles. The van der Waals surface area contributed by atoms with Crippen LogP contribution in [0.25, 0.3) is 0 Å². The van der Waals surface area contributed by atoms with E-state index in [1.54, 1.807) is 30.5 Å². The molecule has 0 spiro atoms. The van der Waals surface area contributed by atoms with Crippen molar-refractivity contribution in [3.05, 3.63) is 60.9 Å². The number of pyridine rings is 1. The van der Waals surface area contributed by atoms with Crippen molar-refractivity contribution in [2.45, 2.75) is 19.5 Å². The molecule has 0 atom stereocenters. The zero-order valence-electron chi connectivity index (χ0n) is 15.6. The van der Waals surface area contributed by atoms with Gasteiger partial charge in [-0.05, 0) is 31.3 Å². The number of likely N-dealkylation sites (N-methyl/N-ethyl adjacent to an activating group) is 1. The third-order valence-corrected chi connectivity index (χ3v) is 6.78. The molecule has 0 radical (unpaired) electrons. The van der Waals surface area contributed by atoms with E-state index in [2.05, 4.69) is 32.5 Å². The van der Waals surface area contributed by atoms with E-state index in [4.69, 9.17) is 11.6 Å². The molecule has 0 saturated carbocycles. The lowest BCUT2D eigenvalue weighted by Gasteiger charge is -2.20. The van der Waals surface area contributed by atoms with Crippen LogP contribution in [0.2, 0.25) is 4.34 Å². The van der Waals surface area contributed by atoms with Crippen molar-refractivity contribution >= 4 is 51.8 Å². The third-order valence-electron chi connectivity index (χ3n) is 4.47. The number of hydrogen-bond donors (Lipinski definition) is 2. The van der Waals surface area contributed by atoms with E-state index < -0.39 is 0 Å². The lowest BCUT2D eigenvalue weighted by Crippen LogP contribution is -2.25. The van der Waals surface area contributed by atoms with Gasteiger partial charge in [0.2, 0.25) is 0 Å². The van der Waals surface area contributed by atoms with Crippen molar-refractivity contribution < 1.29 is 9.59 Å². The van der Waals surface area contributed by atoms with E-state index in [9.17, 15) is 9.59 Å². The average molecular weight is 448 g/mol. The Kier molecular flexibility index (Phi) is 5.91. The number of aromatic nitrogens is 2. The number of fused-ring (bicyclic) bond motifs is 1. The molecule has 0 aliphatic carbocycles. The van der Waals surface area contributed by atoms with Crippen molar-refractivity contribution in [2.24, 2.45) is 0 Å². The predicted molar refractivity (Wildman–Crippen MR) is 115 cm³/mol. The Balaban J connectivity index is 1.44. The summed E-state index contributed by atoms with van der Waals surface area (Å²) in [5.74, 6) is -0.501. The summed E-state index contributed by atoms with van der Waals surface area (Å²) in [5, 5.41) is 6.13. The van der Waals surface area contributed by atoms with Gasteiger partial charge in [-0.2, -0.15) is 0 Å². The monoisotopic (exact) mass is 447 g/mol. The zero-order valence-corrected chi connectivity index (χ0v) is 18.0. The van der Waals surface area contributed by atoms with Crippen molar-refractivity contribution in [2.75, 3.05) is 18.9 Å².